The molecule has 0 bridgehead atoms. The van der Waals surface area contributed by atoms with Crippen LogP contribution in [0.4, 0.5) is 0 Å². The Morgan fingerprint density at radius 3 is 2.73 bits per heavy atom. The van der Waals surface area contributed by atoms with Gasteiger partial charge < -0.3 is 4.74 Å². The molecule has 0 amide bonds. The smallest absolute Gasteiger partial charge is 0.0765 e. The van der Waals surface area contributed by atoms with Gasteiger partial charge in [-0.1, -0.05) is 17.7 Å². The summed E-state index contributed by atoms with van der Waals surface area (Å²) >= 11 is 0. The molecule has 1 heterocycles. The number of allylic oxidation sites excluding steroid dienone is 1. The van der Waals surface area contributed by atoms with Gasteiger partial charge >= 0.3 is 0 Å². The maximum Gasteiger partial charge on any atom is 0.0765 e. The Kier molecular flexibility index (Phi) is 2.89. The molecule has 1 aliphatic heterocycles. The summed E-state index contributed by atoms with van der Waals surface area (Å²) in [4.78, 5) is 0. The predicted octanol–water partition coefficient (Wildman–Crippen LogP) is 2.54. The van der Waals surface area contributed by atoms with Crippen LogP contribution in [0.1, 0.15) is 20.3 Å². The van der Waals surface area contributed by atoms with Crippen molar-refractivity contribution in [2.24, 2.45) is 5.92 Å². The summed E-state index contributed by atoms with van der Waals surface area (Å²) < 4.78 is 5.52. The molecule has 2 atom stereocenters. The van der Waals surface area contributed by atoms with Crippen molar-refractivity contribution in [3.63, 3.8) is 0 Å². The van der Waals surface area contributed by atoms with Crippen LogP contribution in [0, 0.1) is 5.92 Å². The first-order valence-corrected chi connectivity index (χ1v) is 4.11. The van der Waals surface area contributed by atoms with Gasteiger partial charge in [-0.2, -0.15) is 0 Å². The fourth-order valence-electron chi connectivity index (χ4n) is 1.33. The summed E-state index contributed by atoms with van der Waals surface area (Å²) in [5.74, 6) is 0.565. The lowest BCUT2D eigenvalue weighted by molar-refractivity contribution is 0.141. The van der Waals surface area contributed by atoms with E-state index in [1.807, 2.05) is 6.08 Å². The quantitative estimate of drug-likeness (QED) is 0.552. The third kappa shape index (κ3) is 2.51. The van der Waals surface area contributed by atoms with Crippen LogP contribution in [0.2, 0.25) is 0 Å². The van der Waals surface area contributed by atoms with Gasteiger partial charge in [-0.05, 0) is 20.3 Å². The predicted molar refractivity (Wildman–Crippen MR) is 47.5 cm³/mol. The van der Waals surface area contributed by atoms with E-state index < -0.39 is 0 Å². The van der Waals surface area contributed by atoms with Crippen LogP contribution in [0.5, 0.6) is 0 Å². The standard InChI is InChI=1S/C10H16O/c1-4-9-6-10(11-7-9)5-8(2)3/h4-5,9-10H,1,6-7H2,2-3H3. The molecule has 62 valence electrons. The number of ether oxygens (including phenoxy) is 1. The van der Waals surface area contributed by atoms with Gasteiger partial charge in [-0.25, -0.2) is 0 Å². The average molecular weight is 152 g/mol. The van der Waals surface area contributed by atoms with E-state index in [-0.39, 0.29) is 0 Å². The van der Waals surface area contributed by atoms with Gasteiger partial charge in [0.1, 0.15) is 0 Å². The van der Waals surface area contributed by atoms with Crippen LogP contribution >= 0.6 is 0 Å². The third-order valence-electron chi connectivity index (χ3n) is 1.91. The molecule has 0 saturated carbocycles. The van der Waals surface area contributed by atoms with Gasteiger partial charge in [-0.15, -0.1) is 6.58 Å². The molecule has 1 aliphatic rings. The lowest BCUT2D eigenvalue weighted by Crippen LogP contribution is -1.99. The number of rotatable bonds is 2. The van der Waals surface area contributed by atoms with Gasteiger partial charge in [0, 0.05) is 5.92 Å². The van der Waals surface area contributed by atoms with E-state index in [1.165, 1.54) is 5.57 Å². The molecular weight excluding hydrogens is 136 g/mol. The molecule has 0 aliphatic carbocycles. The largest absolute Gasteiger partial charge is 0.374 e. The topological polar surface area (TPSA) is 9.23 Å². The van der Waals surface area contributed by atoms with Gasteiger partial charge in [0.25, 0.3) is 0 Å². The minimum atomic E-state index is 0.336. The van der Waals surface area contributed by atoms with Crippen molar-refractivity contribution in [1.82, 2.24) is 0 Å². The van der Waals surface area contributed by atoms with Crippen molar-refractivity contribution >= 4 is 0 Å². The first kappa shape index (κ1) is 8.54. The highest BCUT2D eigenvalue weighted by molar-refractivity contribution is 5.02. The molecule has 0 radical (unpaired) electrons. The summed E-state index contributed by atoms with van der Waals surface area (Å²) in [6, 6.07) is 0. The Morgan fingerprint density at radius 2 is 2.27 bits per heavy atom. The molecular formula is C10H16O. The Balaban J connectivity index is 2.41. The number of hydrogen-bond donors (Lipinski definition) is 0. The monoisotopic (exact) mass is 152 g/mol. The average Bonchev–Trinajstić information content (AvgIpc) is 2.34. The molecule has 0 aromatic heterocycles. The molecule has 0 aromatic carbocycles. The summed E-state index contributed by atoms with van der Waals surface area (Å²) in [7, 11) is 0. The normalized spacial score (nSPS) is 30.0. The highest BCUT2D eigenvalue weighted by atomic mass is 16.5. The zero-order valence-corrected chi connectivity index (χ0v) is 7.34. The Morgan fingerprint density at radius 1 is 1.55 bits per heavy atom. The van der Waals surface area contributed by atoms with Gasteiger partial charge in [-0.3, -0.25) is 0 Å². The van der Waals surface area contributed by atoms with Crippen molar-refractivity contribution in [2.75, 3.05) is 6.61 Å². The fourth-order valence-corrected chi connectivity index (χ4v) is 1.33. The first-order chi connectivity index (χ1) is 5.22. The van der Waals surface area contributed by atoms with Crippen LogP contribution in [0.3, 0.4) is 0 Å². The fraction of sp³-hybridized carbons (Fsp3) is 0.600. The molecule has 1 saturated heterocycles. The molecule has 1 heteroatoms. The van der Waals surface area contributed by atoms with E-state index in [2.05, 4.69) is 26.5 Å². The third-order valence-corrected chi connectivity index (χ3v) is 1.91. The van der Waals surface area contributed by atoms with E-state index in [9.17, 15) is 0 Å². The lowest BCUT2D eigenvalue weighted by atomic mass is 10.1. The minimum absolute atomic E-state index is 0.336. The van der Waals surface area contributed by atoms with E-state index in [4.69, 9.17) is 4.74 Å². The summed E-state index contributed by atoms with van der Waals surface area (Å²) in [6.45, 7) is 8.80. The molecule has 0 spiro atoms. The van der Waals surface area contributed by atoms with Crippen LogP contribution in [0.15, 0.2) is 24.3 Å². The highest BCUT2D eigenvalue weighted by Crippen LogP contribution is 2.21. The minimum Gasteiger partial charge on any atom is -0.374 e. The van der Waals surface area contributed by atoms with E-state index >= 15 is 0 Å². The molecule has 1 nitrogen and oxygen atoms in total. The van der Waals surface area contributed by atoms with E-state index in [1.54, 1.807) is 0 Å². The van der Waals surface area contributed by atoms with Crippen LogP contribution in [-0.2, 0) is 4.74 Å². The van der Waals surface area contributed by atoms with Gasteiger partial charge in [0.05, 0.1) is 12.7 Å². The van der Waals surface area contributed by atoms with E-state index in [0.29, 0.717) is 12.0 Å². The highest BCUT2D eigenvalue weighted by Gasteiger charge is 2.20. The zero-order valence-electron chi connectivity index (χ0n) is 7.34. The van der Waals surface area contributed by atoms with Crippen molar-refractivity contribution in [1.29, 1.82) is 0 Å². The maximum atomic E-state index is 5.52. The number of hydrogen-bond acceptors (Lipinski definition) is 1. The molecule has 0 N–H and O–H groups in total. The second-order valence-corrected chi connectivity index (χ2v) is 3.35. The van der Waals surface area contributed by atoms with Crippen molar-refractivity contribution in [2.45, 2.75) is 26.4 Å². The van der Waals surface area contributed by atoms with Crippen molar-refractivity contribution in [3.05, 3.63) is 24.3 Å². The summed E-state index contributed by atoms with van der Waals surface area (Å²) in [6.07, 6.45) is 5.61. The van der Waals surface area contributed by atoms with Gasteiger partial charge in [0.15, 0.2) is 0 Å². The zero-order chi connectivity index (χ0) is 8.27. The molecule has 2 unspecified atom stereocenters. The second-order valence-electron chi connectivity index (χ2n) is 3.35. The van der Waals surface area contributed by atoms with E-state index in [0.717, 1.165) is 13.0 Å². The lowest BCUT2D eigenvalue weighted by Gasteiger charge is -2.02. The first-order valence-electron chi connectivity index (χ1n) is 4.11. The molecule has 0 aromatic rings. The molecule has 1 rings (SSSR count). The van der Waals surface area contributed by atoms with Gasteiger partial charge in [0.2, 0.25) is 0 Å². The Labute approximate surface area is 68.8 Å². The van der Waals surface area contributed by atoms with Crippen molar-refractivity contribution in [3.8, 4) is 0 Å². The van der Waals surface area contributed by atoms with Crippen LogP contribution in [0.25, 0.3) is 0 Å². The second kappa shape index (κ2) is 3.72. The van der Waals surface area contributed by atoms with Crippen LogP contribution < -0.4 is 0 Å². The Hall–Kier alpha value is -0.560. The van der Waals surface area contributed by atoms with Crippen LogP contribution in [-0.4, -0.2) is 12.7 Å². The Bertz CT molecular complexity index is 166. The van der Waals surface area contributed by atoms with Crippen molar-refractivity contribution < 1.29 is 4.74 Å². The maximum absolute atomic E-state index is 5.52. The SMILES string of the molecule is C=CC1COC(C=C(C)C)C1. The summed E-state index contributed by atoms with van der Waals surface area (Å²) in [5, 5.41) is 0. The molecule has 1 fully saturated rings. The molecule has 11 heavy (non-hydrogen) atoms. The summed E-state index contributed by atoms with van der Waals surface area (Å²) in [5.41, 5.74) is 1.33.